The summed E-state index contributed by atoms with van der Waals surface area (Å²) < 4.78 is 6.97. The van der Waals surface area contributed by atoms with Gasteiger partial charge >= 0.3 is 0 Å². The van der Waals surface area contributed by atoms with Gasteiger partial charge in [-0.25, -0.2) is 15.0 Å². The maximum atomic E-state index is 5.72. The van der Waals surface area contributed by atoms with Crippen LogP contribution in [0.4, 0.5) is 11.4 Å². The standard InChI is InChI=1S/C56H42N8/c1-55(2)41-21-11-14-24-47(41)64-50-42(55)31-32-57-51(50)56(3,4)60-54(64)63-45-29-27-37(61-48-25-15-12-22-43(48)58-52(61)35-17-7-5-8-18-35)33-39(45)40-34-38(28-30-46(40)63)62-49-26-16-13-23-44(49)59-53(62)36-19-9-6-10-20-36/h5-34H,1-4H3. The van der Waals surface area contributed by atoms with Crippen LogP contribution < -0.4 is 4.90 Å². The van der Waals surface area contributed by atoms with Gasteiger partial charge < -0.3 is 0 Å². The van der Waals surface area contributed by atoms with Crippen molar-refractivity contribution >= 4 is 61.2 Å². The lowest BCUT2D eigenvalue weighted by molar-refractivity contribution is 0.519. The van der Waals surface area contributed by atoms with Gasteiger partial charge in [0, 0.05) is 44.9 Å². The van der Waals surface area contributed by atoms with Gasteiger partial charge in [0.25, 0.3) is 0 Å². The lowest BCUT2D eigenvalue weighted by Crippen LogP contribution is -2.45. The first-order chi connectivity index (χ1) is 31.3. The van der Waals surface area contributed by atoms with E-state index in [0.29, 0.717) is 0 Å². The van der Waals surface area contributed by atoms with E-state index in [0.717, 1.165) is 101 Å². The molecule has 11 aromatic rings. The number of rotatable bonds is 4. The summed E-state index contributed by atoms with van der Waals surface area (Å²) in [5.41, 5.74) is 15.0. The van der Waals surface area contributed by atoms with Gasteiger partial charge in [-0.3, -0.25) is 23.6 Å². The highest BCUT2D eigenvalue weighted by atomic mass is 15.4. The molecule has 4 aromatic heterocycles. The SMILES string of the molecule is CC1(C)N=C(n2c3ccc(-n4c(-c5ccccc5)nc5ccccc54)cc3c3cc(-n4c(-c5ccccc5)nc5ccccc54)ccc32)N2c3ccccc3C(C)(C)c3ccnc1c32. The maximum absolute atomic E-state index is 5.72. The summed E-state index contributed by atoms with van der Waals surface area (Å²) >= 11 is 0. The average Bonchev–Trinajstić information content (AvgIpc) is 4.01. The second kappa shape index (κ2) is 13.2. The molecule has 8 nitrogen and oxygen atoms in total. The summed E-state index contributed by atoms with van der Waals surface area (Å²) in [5.74, 6) is 2.63. The predicted molar refractivity (Wildman–Crippen MR) is 260 cm³/mol. The lowest BCUT2D eigenvalue weighted by Gasteiger charge is -2.46. The number of anilines is 2. The molecule has 7 aromatic carbocycles. The zero-order valence-corrected chi connectivity index (χ0v) is 35.9. The van der Waals surface area contributed by atoms with Gasteiger partial charge in [-0.1, -0.05) is 117 Å². The third-order valence-corrected chi connectivity index (χ3v) is 13.4. The number of para-hydroxylation sites is 5. The third kappa shape index (κ3) is 5.10. The summed E-state index contributed by atoms with van der Waals surface area (Å²) in [7, 11) is 0. The monoisotopic (exact) mass is 826 g/mol. The van der Waals surface area contributed by atoms with Crippen molar-refractivity contribution in [2.75, 3.05) is 4.90 Å². The van der Waals surface area contributed by atoms with Crippen LogP contribution >= 0.6 is 0 Å². The van der Waals surface area contributed by atoms with Gasteiger partial charge in [-0.2, -0.15) is 0 Å². The van der Waals surface area contributed by atoms with Gasteiger partial charge in [0.1, 0.15) is 17.2 Å². The summed E-state index contributed by atoms with van der Waals surface area (Å²) in [6, 6.07) is 62.4. The Labute approximate surface area is 370 Å². The van der Waals surface area contributed by atoms with Crippen molar-refractivity contribution in [2.45, 2.75) is 38.6 Å². The smallest absolute Gasteiger partial charge is 0.216 e. The van der Waals surface area contributed by atoms with Crippen molar-refractivity contribution in [2.24, 2.45) is 4.99 Å². The molecule has 306 valence electrons. The molecule has 0 spiro atoms. The van der Waals surface area contributed by atoms with Crippen LogP contribution in [0.3, 0.4) is 0 Å². The lowest BCUT2D eigenvalue weighted by atomic mass is 9.72. The molecule has 0 aliphatic carbocycles. The fourth-order valence-electron chi connectivity index (χ4n) is 10.4. The number of aliphatic imine (C=N–C) groups is 1. The third-order valence-electron chi connectivity index (χ3n) is 13.4. The van der Waals surface area contributed by atoms with Crippen molar-refractivity contribution < 1.29 is 0 Å². The summed E-state index contributed by atoms with van der Waals surface area (Å²) in [4.78, 5) is 23.6. The molecule has 0 amide bonds. The quantitative estimate of drug-likeness (QED) is 0.177. The molecule has 0 bridgehead atoms. The van der Waals surface area contributed by atoms with Crippen LogP contribution in [0, 0.1) is 0 Å². The van der Waals surface area contributed by atoms with Crippen LogP contribution in [-0.2, 0) is 11.0 Å². The van der Waals surface area contributed by atoms with Crippen LogP contribution in [0.25, 0.3) is 78.0 Å². The zero-order chi connectivity index (χ0) is 42.9. The summed E-state index contributed by atoms with van der Waals surface area (Å²) in [6.45, 7) is 9.03. The number of benzene rings is 7. The minimum atomic E-state index is -0.622. The van der Waals surface area contributed by atoms with Crippen LogP contribution in [-0.4, -0.2) is 34.6 Å². The molecule has 0 fully saturated rings. The van der Waals surface area contributed by atoms with E-state index in [-0.39, 0.29) is 5.41 Å². The number of hydrogen-bond acceptors (Lipinski definition) is 5. The normalized spacial score (nSPS) is 14.9. The Hall–Kier alpha value is -8.10. The zero-order valence-electron chi connectivity index (χ0n) is 35.9. The maximum Gasteiger partial charge on any atom is 0.216 e. The number of aromatic nitrogens is 6. The molecule has 6 heterocycles. The second-order valence-electron chi connectivity index (χ2n) is 18.0. The average molecular weight is 827 g/mol. The van der Waals surface area contributed by atoms with Gasteiger partial charge in [0.05, 0.1) is 50.2 Å². The van der Waals surface area contributed by atoms with E-state index >= 15 is 0 Å². The van der Waals surface area contributed by atoms with Crippen molar-refractivity contribution in [3.05, 3.63) is 199 Å². The van der Waals surface area contributed by atoms with Crippen molar-refractivity contribution in [1.82, 2.24) is 28.7 Å². The molecule has 64 heavy (non-hydrogen) atoms. The number of imidazole rings is 2. The Morgan fingerprint density at radius 3 is 1.55 bits per heavy atom. The molecule has 0 radical (unpaired) electrons. The van der Waals surface area contributed by atoms with Crippen molar-refractivity contribution in [3.8, 4) is 34.2 Å². The highest BCUT2D eigenvalue weighted by Gasteiger charge is 2.46. The van der Waals surface area contributed by atoms with Gasteiger partial charge in [-0.05, 0) is 97.8 Å². The molecular weight excluding hydrogens is 785 g/mol. The molecule has 13 rings (SSSR count). The molecule has 0 N–H and O–H groups in total. The van der Waals surface area contributed by atoms with E-state index in [9.17, 15) is 0 Å². The first-order valence-corrected chi connectivity index (χ1v) is 21.9. The number of fused-ring (bicyclic) bond motifs is 7. The Bertz CT molecular complexity index is 3560. The number of pyridine rings is 1. The molecule has 0 saturated heterocycles. The highest BCUT2D eigenvalue weighted by Crippen LogP contribution is 2.54. The van der Waals surface area contributed by atoms with E-state index in [2.05, 4.69) is 222 Å². The van der Waals surface area contributed by atoms with Gasteiger partial charge in [0.2, 0.25) is 5.96 Å². The molecule has 8 heteroatoms. The van der Waals surface area contributed by atoms with Crippen molar-refractivity contribution in [3.63, 3.8) is 0 Å². The van der Waals surface area contributed by atoms with E-state index < -0.39 is 5.54 Å². The minimum Gasteiger partial charge on any atom is -0.292 e. The number of hydrogen-bond donors (Lipinski definition) is 0. The Balaban J connectivity index is 1.13. The molecule has 0 atom stereocenters. The molecule has 0 unspecified atom stereocenters. The van der Waals surface area contributed by atoms with Gasteiger partial charge in [0.15, 0.2) is 0 Å². The first kappa shape index (κ1) is 36.5. The van der Waals surface area contributed by atoms with Crippen LogP contribution in [0.2, 0.25) is 0 Å². The summed E-state index contributed by atoms with van der Waals surface area (Å²) in [5, 5.41) is 2.19. The molecule has 2 aliphatic heterocycles. The topological polar surface area (TPSA) is 69.1 Å². The van der Waals surface area contributed by atoms with E-state index in [1.165, 1.54) is 11.1 Å². The van der Waals surface area contributed by atoms with Gasteiger partial charge in [-0.15, -0.1) is 0 Å². The minimum absolute atomic E-state index is 0.253. The predicted octanol–water partition coefficient (Wildman–Crippen LogP) is 13.1. The fourth-order valence-corrected chi connectivity index (χ4v) is 10.4. The van der Waals surface area contributed by atoms with Crippen molar-refractivity contribution in [1.29, 1.82) is 0 Å². The largest absolute Gasteiger partial charge is 0.292 e. The van der Waals surface area contributed by atoms with Crippen LogP contribution in [0.5, 0.6) is 0 Å². The first-order valence-electron chi connectivity index (χ1n) is 21.9. The molecule has 0 saturated carbocycles. The Morgan fingerprint density at radius 2 is 0.969 bits per heavy atom. The number of nitrogens with zero attached hydrogens (tertiary/aromatic N) is 8. The van der Waals surface area contributed by atoms with E-state index in [4.69, 9.17) is 19.9 Å². The highest BCUT2D eigenvalue weighted by molar-refractivity contribution is 6.20. The van der Waals surface area contributed by atoms with E-state index in [1.54, 1.807) is 0 Å². The fraction of sp³-hybridized carbons (Fsp3) is 0.107. The van der Waals surface area contributed by atoms with Crippen LogP contribution in [0.15, 0.2) is 187 Å². The Morgan fingerprint density at radius 1 is 0.453 bits per heavy atom. The van der Waals surface area contributed by atoms with Crippen LogP contribution in [0.1, 0.15) is 44.5 Å². The van der Waals surface area contributed by atoms with E-state index in [1.807, 2.05) is 6.20 Å². The molecule has 2 aliphatic rings. The molecular formula is C56H42N8. The summed E-state index contributed by atoms with van der Waals surface area (Å²) in [6.07, 6.45) is 1.96. The second-order valence-corrected chi connectivity index (χ2v) is 18.0. The Kier molecular flexibility index (Phi) is 7.54.